The number of primary amides is 1. The van der Waals surface area contributed by atoms with E-state index < -0.39 is 12.1 Å². The van der Waals surface area contributed by atoms with Crippen molar-refractivity contribution < 1.29 is 19.8 Å². The number of hydrogen-bond donors (Lipinski definition) is 3. The van der Waals surface area contributed by atoms with E-state index in [-0.39, 0.29) is 11.8 Å². The van der Waals surface area contributed by atoms with Crippen molar-refractivity contribution in [3.05, 3.63) is 0 Å². The molecule has 0 aliphatic heterocycles. The van der Waals surface area contributed by atoms with E-state index >= 15 is 0 Å². The van der Waals surface area contributed by atoms with Gasteiger partial charge in [0.15, 0.2) is 0 Å². The van der Waals surface area contributed by atoms with Gasteiger partial charge in [0.05, 0.1) is 6.42 Å². The fraction of sp³-hybridized carbons (Fsp3) is 0.714. The van der Waals surface area contributed by atoms with E-state index in [0.29, 0.717) is 0 Å². The molecule has 0 spiro atoms. The van der Waals surface area contributed by atoms with Crippen molar-refractivity contribution in [3.8, 4) is 0 Å². The lowest BCUT2D eigenvalue weighted by atomic mass is 9.93. The Bertz CT molecular complexity index is 155. The highest BCUT2D eigenvalue weighted by Crippen LogP contribution is 2.17. The SMILES string of the molecule is CC(C)(C)CC(=O)O.NC(=O)O. The molecular formula is C7H15NO4. The van der Waals surface area contributed by atoms with Gasteiger partial charge in [-0.25, -0.2) is 4.79 Å². The Morgan fingerprint density at radius 1 is 1.25 bits per heavy atom. The zero-order valence-corrected chi connectivity index (χ0v) is 7.50. The summed E-state index contributed by atoms with van der Waals surface area (Å²) < 4.78 is 0. The lowest BCUT2D eigenvalue weighted by Crippen LogP contribution is -2.11. The van der Waals surface area contributed by atoms with Crippen molar-refractivity contribution in [1.82, 2.24) is 0 Å². The van der Waals surface area contributed by atoms with Crippen LogP contribution in [0.3, 0.4) is 0 Å². The highest BCUT2D eigenvalue weighted by atomic mass is 16.4. The lowest BCUT2D eigenvalue weighted by Gasteiger charge is -2.13. The van der Waals surface area contributed by atoms with Crippen molar-refractivity contribution in [2.75, 3.05) is 0 Å². The summed E-state index contributed by atoms with van der Waals surface area (Å²) in [5.74, 6) is -0.725. The van der Waals surface area contributed by atoms with Crippen LogP contribution >= 0.6 is 0 Å². The van der Waals surface area contributed by atoms with Gasteiger partial charge in [0, 0.05) is 0 Å². The molecule has 0 unspecified atom stereocenters. The van der Waals surface area contributed by atoms with E-state index in [1.165, 1.54) is 0 Å². The zero-order chi connectivity index (χ0) is 10.4. The Balaban J connectivity index is 0. The molecule has 12 heavy (non-hydrogen) atoms. The van der Waals surface area contributed by atoms with Crippen LogP contribution in [0.5, 0.6) is 0 Å². The average Bonchev–Trinajstić information content (AvgIpc) is 1.52. The molecule has 0 aromatic rings. The van der Waals surface area contributed by atoms with Gasteiger partial charge in [0.2, 0.25) is 0 Å². The summed E-state index contributed by atoms with van der Waals surface area (Å²) in [5.41, 5.74) is 3.95. The standard InChI is InChI=1S/C6H12O2.CH3NO2/c1-6(2,3)4-5(7)8;2-1(3)4/h4H2,1-3H3,(H,7,8);2H2,(H,3,4). The Morgan fingerprint density at radius 2 is 1.50 bits per heavy atom. The molecule has 4 N–H and O–H groups in total. The highest BCUT2D eigenvalue weighted by Gasteiger charge is 2.13. The first-order valence-electron chi connectivity index (χ1n) is 3.35. The van der Waals surface area contributed by atoms with E-state index in [2.05, 4.69) is 5.73 Å². The molecule has 0 rings (SSSR count). The maximum atomic E-state index is 10.0. The fourth-order valence-corrected chi connectivity index (χ4v) is 0.454. The summed E-state index contributed by atoms with van der Waals surface area (Å²) in [6.07, 6.45) is -1.09. The molecule has 5 heteroatoms. The summed E-state index contributed by atoms with van der Waals surface area (Å²) in [7, 11) is 0. The minimum Gasteiger partial charge on any atom is -0.481 e. The maximum absolute atomic E-state index is 10.0. The molecule has 0 atom stereocenters. The smallest absolute Gasteiger partial charge is 0.402 e. The van der Waals surface area contributed by atoms with Crippen LogP contribution < -0.4 is 5.73 Å². The van der Waals surface area contributed by atoms with E-state index in [4.69, 9.17) is 15.0 Å². The molecule has 0 saturated heterocycles. The van der Waals surface area contributed by atoms with Crippen molar-refractivity contribution in [2.24, 2.45) is 11.1 Å². The second kappa shape index (κ2) is 5.40. The summed E-state index contributed by atoms with van der Waals surface area (Å²) in [4.78, 5) is 18.8. The van der Waals surface area contributed by atoms with Gasteiger partial charge < -0.3 is 15.9 Å². The van der Waals surface area contributed by atoms with Crippen LogP contribution in [0.15, 0.2) is 0 Å². The quantitative estimate of drug-likeness (QED) is 0.558. The predicted octanol–water partition coefficient (Wildman–Crippen LogP) is 1.13. The number of amides is 1. The summed E-state index contributed by atoms with van der Waals surface area (Å²) in [5, 5.41) is 15.4. The largest absolute Gasteiger partial charge is 0.481 e. The second-order valence-electron chi connectivity index (χ2n) is 3.47. The minimum atomic E-state index is -1.33. The Hall–Kier alpha value is -1.26. The molecule has 0 aliphatic carbocycles. The molecule has 0 bridgehead atoms. The van der Waals surface area contributed by atoms with E-state index in [1.54, 1.807) is 0 Å². The number of carboxylic acids is 1. The number of hydrogen-bond acceptors (Lipinski definition) is 2. The number of carboxylic acid groups (broad SMARTS) is 2. The van der Waals surface area contributed by atoms with Gasteiger partial charge in [-0.1, -0.05) is 20.8 Å². The van der Waals surface area contributed by atoms with Gasteiger partial charge >= 0.3 is 12.1 Å². The van der Waals surface area contributed by atoms with Crippen LogP contribution in [0.2, 0.25) is 0 Å². The van der Waals surface area contributed by atoms with E-state index in [0.717, 1.165) is 0 Å². The first-order chi connectivity index (χ1) is 5.15. The lowest BCUT2D eigenvalue weighted by molar-refractivity contribution is -0.139. The van der Waals surface area contributed by atoms with E-state index in [1.807, 2.05) is 20.8 Å². The molecule has 0 aromatic heterocycles. The molecule has 1 amide bonds. The third-order valence-corrected chi connectivity index (χ3v) is 0.682. The first kappa shape index (κ1) is 13.3. The van der Waals surface area contributed by atoms with Crippen molar-refractivity contribution in [3.63, 3.8) is 0 Å². The summed E-state index contributed by atoms with van der Waals surface area (Å²) in [6, 6.07) is 0. The Labute approximate surface area is 71.2 Å². The fourth-order valence-electron chi connectivity index (χ4n) is 0.454. The molecule has 72 valence electrons. The van der Waals surface area contributed by atoms with Gasteiger partial charge in [-0.05, 0) is 5.41 Å². The van der Waals surface area contributed by atoms with Crippen molar-refractivity contribution in [1.29, 1.82) is 0 Å². The second-order valence-corrected chi connectivity index (χ2v) is 3.47. The number of nitrogens with two attached hydrogens (primary N) is 1. The van der Waals surface area contributed by atoms with Crippen LogP contribution in [0.1, 0.15) is 27.2 Å². The third kappa shape index (κ3) is 37.4. The first-order valence-corrected chi connectivity index (χ1v) is 3.35. The Morgan fingerprint density at radius 3 is 1.50 bits per heavy atom. The van der Waals surface area contributed by atoms with Crippen LogP contribution in [0, 0.1) is 5.41 Å². The van der Waals surface area contributed by atoms with Gasteiger partial charge in [0.25, 0.3) is 0 Å². The number of rotatable bonds is 1. The molecule has 5 nitrogen and oxygen atoms in total. The molecule has 0 aromatic carbocycles. The Kier molecular flexibility index (Phi) is 6.00. The van der Waals surface area contributed by atoms with Gasteiger partial charge in [0.1, 0.15) is 0 Å². The monoisotopic (exact) mass is 177 g/mol. The van der Waals surface area contributed by atoms with Gasteiger partial charge in [-0.2, -0.15) is 0 Å². The predicted molar refractivity (Wildman–Crippen MR) is 43.9 cm³/mol. The van der Waals surface area contributed by atoms with Gasteiger partial charge in [-0.15, -0.1) is 0 Å². The summed E-state index contributed by atoms with van der Waals surface area (Å²) >= 11 is 0. The number of carbonyl (C=O) groups is 2. The number of aliphatic carboxylic acids is 1. The van der Waals surface area contributed by atoms with Crippen molar-refractivity contribution >= 4 is 12.1 Å². The molecule has 0 heterocycles. The molecule has 0 fully saturated rings. The normalized spacial score (nSPS) is 9.58. The molecule has 0 saturated carbocycles. The highest BCUT2D eigenvalue weighted by molar-refractivity contribution is 5.67. The molecule has 0 radical (unpaired) electrons. The summed E-state index contributed by atoms with van der Waals surface area (Å²) in [6.45, 7) is 5.71. The van der Waals surface area contributed by atoms with Crippen LogP contribution in [-0.2, 0) is 4.79 Å². The zero-order valence-electron chi connectivity index (χ0n) is 7.50. The average molecular weight is 177 g/mol. The third-order valence-electron chi connectivity index (χ3n) is 0.682. The van der Waals surface area contributed by atoms with Crippen molar-refractivity contribution in [2.45, 2.75) is 27.2 Å². The maximum Gasteiger partial charge on any atom is 0.402 e. The van der Waals surface area contributed by atoms with Crippen LogP contribution in [-0.4, -0.2) is 22.3 Å². The molecular weight excluding hydrogens is 162 g/mol. The van der Waals surface area contributed by atoms with E-state index in [9.17, 15) is 4.79 Å². The molecule has 0 aliphatic rings. The van der Waals surface area contributed by atoms with Crippen LogP contribution in [0.4, 0.5) is 4.79 Å². The topological polar surface area (TPSA) is 101 Å². The minimum absolute atomic E-state index is 0.0775. The van der Waals surface area contributed by atoms with Crippen LogP contribution in [0.25, 0.3) is 0 Å². The van der Waals surface area contributed by atoms with Gasteiger partial charge in [-0.3, -0.25) is 4.79 Å².